The van der Waals surface area contributed by atoms with Crippen LogP contribution in [0.3, 0.4) is 0 Å². The van der Waals surface area contributed by atoms with Gasteiger partial charge in [0, 0.05) is 43.7 Å². The molecule has 0 radical (unpaired) electrons. The first-order valence-corrected chi connectivity index (χ1v) is 9.77. The van der Waals surface area contributed by atoms with Gasteiger partial charge in [-0.25, -0.2) is 9.07 Å². The van der Waals surface area contributed by atoms with Gasteiger partial charge in [0.05, 0.1) is 17.4 Å². The standard InChI is InChI=1S/C21H23FN6O/c1-26-12-13-10-17(26)20(22)21(13)27(2)19-7-6-16(24-25-19)15-5-4-14(11-18(15)29)28-9-3-8-23-28/h3-9,11,13,17,20-21,29H,10,12H2,1-2H3/t13-,17-,20+,21-/m0/s1. The van der Waals surface area contributed by atoms with Crippen LogP contribution in [0.2, 0.25) is 0 Å². The zero-order valence-corrected chi connectivity index (χ0v) is 16.4. The molecule has 0 unspecified atom stereocenters. The van der Waals surface area contributed by atoms with Crippen molar-refractivity contribution >= 4 is 5.82 Å². The van der Waals surface area contributed by atoms with Crippen molar-refractivity contribution in [1.82, 2.24) is 24.9 Å². The summed E-state index contributed by atoms with van der Waals surface area (Å²) in [6.45, 7) is 0.919. The number of fused-ring (bicyclic) bond motifs is 2. The van der Waals surface area contributed by atoms with E-state index in [4.69, 9.17) is 0 Å². The summed E-state index contributed by atoms with van der Waals surface area (Å²) in [5.41, 5.74) is 1.92. The van der Waals surface area contributed by atoms with Crippen molar-refractivity contribution in [3.8, 4) is 22.7 Å². The Morgan fingerprint density at radius 3 is 2.69 bits per heavy atom. The molecular formula is C21H23FN6O. The van der Waals surface area contributed by atoms with Crippen molar-refractivity contribution in [2.75, 3.05) is 25.5 Å². The van der Waals surface area contributed by atoms with Gasteiger partial charge in [0.15, 0.2) is 5.82 Å². The highest BCUT2D eigenvalue weighted by atomic mass is 19.1. The number of aromatic hydroxyl groups is 1. The van der Waals surface area contributed by atoms with Crippen LogP contribution in [0.1, 0.15) is 6.42 Å². The van der Waals surface area contributed by atoms with Gasteiger partial charge in [-0.1, -0.05) is 0 Å². The van der Waals surface area contributed by atoms with Crippen LogP contribution in [0, 0.1) is 5.92 Å². The molecule has 4 atom stereocenters. The summed E-state index contributed by atoms with van der Waals surface area (Å²) in [5.74, 6) is 1.06. The summed E-state index contributed by atoms with van der Waals surface area (Å²) < 4.78 is 16.5. The molecule has 1 saturated carbocycles. The number of halogens is 1. The van der Waals surface area contributed by atoms with Gasteiger partial charge in [-0.3, -0.25) is 0 Å². The first-order valence-electron chi connectivity index (χ1n) is 9.77. The Morgan fingerprint density at radius 2 is 2.07 bits per heavy atom. The second-order valence-electron chi connectivity index (χ2n) is 7.98. The molecule has 3 aromatic rings. The minimum absolute atomic E-state index is 0.00457. The van der Waals surface area contributed by atoms with E-state index < -0.39 is 6.17 Å². The Hall–Kier alpha value is -3.00. The van der Waals surface area contributed by atoms with E-state index in [0.717, 1.165) is 18.7 Å². The highest BCUT2D eigenvalue weighted by Crippen LogP contribution is 2.42. The largest absolute Gasteiger partial charge is 0.507 e. The lowest BCUT2D eigenvalue weighted by atomic mass is 10.0. The van der Waals surface area contributed by atoms with Crippen LogP contribution in [0.5, 0.6) is 5.75 Å². The van der Waals surface area contributed by atoms with Crippen LogP contribution in [-0.2, 0) is 0 Å². The molecule has 7 nitrogen and oxygen atoms in total. The first kappa shape index (κ1) is 18.1. The number of aromatic nitrogens is 4. The Morgan fingerprint density at radius 1 is 1.21 bits per heavy atom. The molecule has 1 N–H and O–H groups in total. The van der Waals surface area contributed by atoms with Gasteiger partial charge in [0.25, 0.3) is 0 Å². The third-order valence-corrected chi connectivity index (χ3v) is 6.29. The normalized spacial score (nSPS) is 26.2. The number of hydrogen-bond acceptors (Lipinski definition) is 6. The van der Waals surface area contributed by atoms with Crippen molar-refractivity contribution in [3.05, 3.63) is 48.8 Å². The fourth-order valence-electron chi connectivity index (χ4n) is 4.82. The molecule has 1 aromatic carbocycles. The van der Waals surface area contributed by atoms with Crippen LogP contribution >= 0.6 is 0 Å². The Labute approximate surface area is 168 Å². The maximum absolute atomic E-state index is 14.8. The molecule has 150 valence electrons. The highest BCUT2D eigenvalue weighted by molar-refractivity contribution is 5.69. The summed E-state index contributed by atoms with van der Waals surface area (Å²) >= 11 is 0. The maximum Gasteiger partial charge on any atom is 0.151 e. The molecule has 5 rings (SSSR count). The predicted octanol–water partition coefficient (Wildman–Crippen LogP) is 2.51. The molecule has 2 bridgehead atoms. The highest BCUT2D eigenvalue weighted by Gasteiger charge is 2.52. The average Bonchev–Trinajstić information content (AvgIpc) is 3.44. The second kappa shape index (κ2) is 6.81. The lowest BCUT2D eigenvalue weighted by Crippen LogP contribution is -2.51. The maximum atomic E-state index is 14.8. The average molecular weight is 394 g/mol. The summed E-state index contributed by atoms with van der Waals surface area (Å²) in [7, 11) is 3.88. The number of nitrogens with zero attached hydrogens (tertiary/aromatic N) is 6. The quantitative estimate of drug-likeness (QED) is 0.733. The van der Waals surface area contributed by atoms with E-state index in [1.54, 1.807) is 23.0 Å². The van der Waals surface area contributed by atoms with Crippen LogP contribution in [0.25, 0.3) is 16.9 Å². The molecule has 0 spiro atoms. The number of phenolic OH excluding ortho intramolecular Hbond substituents is 1. The fraction of sp³-hybridized carbons (Fsp3) is 0.381. The number of anilines is 1. The van der Waals surface area contributed by atoms with Gasteiger partial charge in [-0.2, -0.15) is 5.10 Å². The molecule has 0 amide bonds. The van der Waals surface area contributed by atoms with Crippen LogP contribution in [-0.4, -0.2) is 68.9 Å². The second-order valence-corrected chi connectivity index (χ2v) is 7.98. The number of hydrogen-bond donors (Lipinski definition) is 1. The van der Waals surface area contributed by atoms with E-state index in [9.17, 15) is 9.50 Å². The Kier molecular flexibility index (Phi) is 4.24. The minimum atomic E-state index is -0.885. The molecular weight excluding hydrogens is 371 g/mol. The molecule has 1 aliphatic carbocycles. The summed E-state index contributed by atoms with van der Waals surface area (Å²) in [5, 5.41) is 23.2. The molecule has 2 aliphatic rings. The van der Waals surface area contributed by atoms with Gasteiger partial charge in [0.2, 0.25) is 0 Å². The van der Waals surface area contributed by atoms with Gasteiger partial charge in [-0.15, -0.1) is 10.2 Å². The van der Waals surface area contributed by atoms with Gasteiger partial charge < -0.3 is 14.9 Å². The number of piperidine rings is 1. The Balaban J connectivity index is 1.37. The zero-order chi connectivity index (χ0) is 20.1. The van der Waals surface area contributed by atoms with E-state index in [1.807, 2.05) is 49.5 Å². The van der Waals surface area contributed by atoms with Crippen molar-refractivity contribution in [2.24, 2.45) is 5.92 Å². The van der Waals surface area contributed by atoms with E-state index in [2.05, 4.69) is 20.2 Å². The Bertz CT molecular complexity index is 1010. The molecule has 1 saturated heterocycles. The van der Waals surface area contributed by atoms with Crippen LogP contribution in [0.15, 0.2) is 48.8 Å². The SMILES string of the molecule is CN1C[C@@H]2C[C@H]1[C@@H](F)[C@H]2N(C)c1ccc(-c2ccc(-n3cccn3)cc2O)nn1. The zero-order valence-electron chi connectivity index (χ0n) is 16.4. The van der Waals surface area contributed by atoms with Gasteiger partial charge in [-0.05, 0) is 49.7 Å². The molecule has 3 heterocycles. The predicted molar refractivity (Wildman–Crippen MR) is 108 cm³/mol. The minimum Gasteiger partial charge on any atom is -0.507 e. The molecule has 29 heavy (non-hydrogen) atoms. The molecule has 2 aromatic heterocycles. The van der Waals surface area contributed by atoms with Crippen molar-refractivity contribution in [2.45, 2.75) is 24.7 Å². The summed E-state index contributed by atoms with van der Waals surface area (Å²) in [6, 6.07) is 10.6. The van der Waals surface area contributed by atoms with Crippen LogP contribution in [0.4, 0.5) is 10.2 Å². The molecule has 8 heteroatoms. The number of rotatable bonds is 4. The van der Waals surface area contributed by atoms with Crippen molar-refractivity contribution in [1.29, 1.82) is 0 Å². The van der Waals surface area contributed by atoms with Crippen LogP contribution < -0.4 is 4.90 Å². The number of alkyl halides is 1. The lowest BCUT2D eigenvalue weighted by molar-refractivity contribution is 0.126. The first-order chi connectivity index (χ1) is 14.0. The third kappa shape index (κ3) is 2.95. The van der Waals surface area contributed by atoms with E-state index in [-0.39, 0.29) is 17.8 Å². The monoisotopic (exact) mass is 394 g/mol. The topological polar surface area (TPSA) is 70.3 Å². The smallest absolute Gasteiger partial charge is 0.151 e. The fourth-order valence-corrected chi connectivity index (χ4v) is 4.82. The van der Waals surface area contributed by atoms with E-state index in [1.165, 1.54) is 0 Å². The number of phenols is 1. The lowest BCUT2D eigenvalue weighted by Gasteiger charge is -2.37. The third-order valence-electron chi connectivity index (χ3n) is 6.29. The summed E-state index contributed by atoms with van der Waals surface area (Å²) in [6.07, 6.45) is 3.50. The molecule has 1 aliphatic heterocycles. The number of benzene rings is 1. The van der Waals surface area contributed by atoms with Crippen molar-refractivity contribution in [3.63, 3.8) is 0 Å². The van der Waals surface area contributed by atoms with Gasteiger partial charge in [0.1, 0.15) is 11.9 Å². The molecule has 2 fully saturated rings. The van der Waals surface area contributed by atoms with E-state index >= 15 is 0 Å². The van der Waals surface area contributed by atoms with Gasteiger partial charge >= 0.3 is 0 Å². The van der Waals surface area contributed by atoms with Crippen molar-refractivity contribution < 1.29 is 9.50 Å². The number of likely N-dealkylation sites (tertiary alicyclic amines) is 1. The van der Waals surface area contributed by atoms with E-state index in [0.29, 0.717) is 23.0 Å². The summed E-state index contributed by atoms with van der Waals surface area (Å²) in [4.78, 5) is 4.03.